The van der Waals surface area contributed by atoms with Crippen LogP contribution >= 0.6 is 0 Å². The minimum atomic E-state index is 0.0898. The molecule has 11 heavy (non-hydrogen) atoms. The van der Waals surface area contributed by atoms with E-state index in [2.05, 4.69) is 14.9 Å². The molecule has 2 aromatic rings. The molecule has 0 saturated heterocycles. The summed E-state index contributed by atoms with van der Waals surface area (Å²) in [5.41, 5.74) is 0.513. The first-order chi connectivity index (χ1) is 5.27. The standard InChI is InChI=1S/C4H2N4O3/c9-7-1-3-4(2-8(7)10)6-11-5-3/h1-2H. The summed E-state index contributed by atoms with van der Waals surface area (Å²) in [6.45, 7) is 0. The molecule has 7 nitrogen and oxygen atoms in total. The first-order valence-corrected chi connectivity index (χ1v) is 2.72. The second kappa shape index (κ2) is 1.78. The van der Waals surface area contributed by atoms with Gasteiger partial charge in [0.1, 0.15) is 0 Å². The van der Waals surface area contributed by atoms with Crippen molar-refractivity contribution >= 4 is 11.0 Å². The highest BCUT2D eigenvalue weighted by atomic mass is 16.6. The molecule has 0 unspecified atom stereocenters. The van der Waals surface area contributed by atoms with Crippen molar-refractivity contribution in [1.82, 2.24) is 10.3 Å². The minimum absolute atomic E-state index is 0.0898. The van der Waals surface area contributed by atoms with Gasteiger partial charge in [-0.15, -0.1) is 0 Å². The van der Waals surface area contributed by atoms with E-state index < -0.39 is 0 Å². The third-order valence-electron chi connectivity index (χ3n) is 1.20. The monoisotopic (exact) mass is 154 g/mol. The molecule has 0 saturated carbocycles. The molecule has 0 aliphatic rings. The highest BCUT2D eigenvalue weighted by Gasteiger charge is 2.11. The van der Waals surface area contributed by atoms with E-state index in [9.17, 15) is 10.4 Å². The van der Waals surface area contributed by atoms with Crippen molar-refractivity contribution in [2.45, 2.75) is 0 Å². The SMILES string of the molecule is [O-][n+]1cc2nonc2c[n+]1[O-]. The van der Waals surface area contributed by atoms with Crippen LogP contribution in [0.25, 0.3) is 11.0 Å². The van der Waals surface area contributed by atoms with Gasteiger partial charge >= 0.3 is 0 Å². The highest BCUT2D eigenvalue weighted by molar-refractivity contribution is 5.68. The number of hydrogen-bond acceptors (Lipinski definition) is 5. The van der Waals surface area contributed by atoms with Crippen LogP contribution in [0.4, 0.5) is 0 Å². The molecular weight excluding hydrogens is 152 g/mol. The lowest BCUT2D eigenvalue weighted by molar-refractivity contribution is -1.19. The molecule has 0 N–H and O–H groups in total. The van der Waals surface area contributed by atoms with Crippen LogP contribution < -0.4 is 9.69 Å². The fourth-order valence-corrected chi connectivity index (χ4v) is 0.704. The van der Waals surface area contributed by atoms with Gasteiger partial charge in [-0.3, -0.25) is 0 Å². The van der Waals surface area contributed by atoms with E-state index in [0.29, 0.717) is 0 Å². The van der Waals surface area contributed by atoms with Crippen molar-refractivity contribution in [3.63, 3.8) is 0 Å². The van der Waals surface area contributed by atoms with E-state index in [1.165, 1.54) is 0 Å². The van der Waals surface area contributed by atoms with Gasteiger partial charge in [-0.05, 0) is 10.3 Å². The predicted molar refractivity (Wildman–Crippen MR) is 29.7 cm³/mol. The Labute approximate surface area is 59.6 Å². The van der Waals surface area contributed by atoms with E-state index in [1.807, 2.05) is 0 Å². The van der Waals surface area contributed by atoms with E-state index in [0.717, 1.165) is 12.4 Å². The van der Waals surface area contributed by atoms with Crippen LogP contribution in [0, 0.1) is 10.4 Å². The Hall–Kier alpha value is -1.92. The van der Waals surface area contributed by atoms with E-state index in [-0.39, 0.29) is 20.7 Å². The second-order valence-corrected chi connectivity index (χ2v) is 1.90. The molecule has 56 valence electrons. The lowest BCUT2D eigenvalue weighted by atomic mass is 10.5. The van der Waals surface area contributed by atoms with Gasteiger partial charge in [0.15, 0.2) is 0 Å². The van der Waals surface area contributed by atoms with Gasteiger partial charge in [0.2, 0.25) is 11.0 Å². The topological polar surface area (TPSA) is 92.8 Å². The largest absolute Gasteiger partial charge is 0.561 e. The van der Waals surface area contributed by atoms with Crippen molar-refractivity contribution in [3.05, 3.63) is 22.8 Å². The predicted octanol–water partition coefficient (Wildman–Crippen LogP) is -1.51. The normalized spacial score (nSPS) is 10.5. The molecule has 0 spiro atoms. The Bertz CT molecular complexity index is 361. The molecule has 0 aromatic carbocycles. The Morgan fingerprint density at radius 3 is 2.00 bits per heavy atom. The zero-order valence-electron chi connectivity index (χ0n) is 5.17. The van der Waals surface area contributed by atoms with E-state index >= 15 is 0 Å². The average molecular weight is 154 g/mol. The molecule has 0 aliphatic heterocycles. The van der Waals surface area contributed by atoms with Crippen molar-refractivity contribution in [2.75, 3.05) is 0 Å². The summed E-state index contributed by atoms with van der Waals surface area (Å²) in [6.07, 6.45) is 1.97. The van der Waals surface area contributed by atoms with Gasteiger partial charge < -0.3 is 10.4 Å². The molecule has 2 aromatic heterocycles. The molecule has 0 atom stereocenters. The zero-order chi connectivity index (χ0) is 7.84. The lowest BCUT2D eigenvalue weighted by Crippen LogP contribution is -2.59. The van der Waals surface area contributed by atoms with Crippen molar-refractivity contribution in [1.29, 1.82) is 0 Å². The van der Waals surface area contributed by atoms with Gasteiger partial charge in [-0.25, -0.2) is 4.63 Å². The summed E-state index contributed by atoms with van der Waals surface area (Å²) in [4.78, 5) is 0.180. The molecule has 0 fully saturated rings. The fraction of sp³-hybridized carbons (Fsp3) is 0. The molecule has 0 bridgehead atoms. The van der Waals surface area contributed by atoms with Crippen LogP contribution in [-0.4, -0.2) is 10.3 Å². The van der Waals surface area contributed by atoms with Gasteiger partial charge in [-0.1, -0.05) is 0 Å². The van der Waals surface area contributed by atoms with Crippen LogP contribution in [0.5, 0.6) is 0 Å². The summed E-state index contributed by atoms with van der Waals surface area (Å²) < 4.78 is 4.27. The average Bonchev–Trinajstić information content (AvgIpc) is 2.36. The van der Waals surface area contributed by atoms with E-state index in [4.69, 9.17) is 0 Å². The van der Waals surface area contributed by atoms with Gasteiger partial charge in [-0.2, -0.15) is 0 Å². The summed E-state index contributed by atoms with van der Waals surface area (Å²) >= 11 is 0. The lowest BCUT2D eigenvalue weighted by Gasteiger charge is -1.92. The second-order valence-electron chi connectivity index (χ2n) is 1.90. The maximum absolute atomic E-state index is 10.6. The third kappa shape index (κ3) is 0.741. The van der Waals surface area contributed by atoms with Gasteiger partial charge in [0, 0.05) is 0 Å². The summed E-state index contributed by atoms with van der Waals surface area (Å²) in [5.74, 6) is 0. The fourth-order valence-electron chi connectivity index (χ4n) is 0.704. The van der Waals surface area contributed by atoms with Crippen LogP contribution in [0.15, 0.2) is 17.0 Å². The third-order valence-corrected chi connectivity index (χ3v) is 1.20. The smallest absolute Gasteiger partial charge is 0.284 e. The van der Waals surface area contributed by atoms with E-state index in [1.54, 1.807) is 0 Å². The summed E-state index contributed by atoms with van der Waals surface area (Å²) in [7, 11) is 0. The number of rotatable bonds is 0. The molecule has 2 heterocycles. The summed E-state index contributed by atoms with van der Waals surface area (Å²) in [5, 5.41) is 27.9. The van der Waals surface area contributed by atoms with Gasteiger partial charge in [0.05, 0.1) is 9.69 Å². The van der Waals surface area contributed by atoms with Crippen LogP contribution in [-0.2, 0) is 0 Å². The first-order valence-electron chi connectivity index (χ1n) is 2.72. The Balaban J connectivity index is 2.86. The Morgan fingerprint density at radius 1 is 1.09 bits per heavy atom. The molecular formula is C4H2N4O3. The van der Waals surface area contributed by atoms with Crippen LogP contribution in [0.3, 0.4) is 0 Å². The number of hydrogen-bond donors (Lipinski definition) is 0. The first kappa shape index (κ1) is 5.83. The van der Waals surface area contributed by atoms with Crippen LogP contribution in [0.1, 0.15) is 0 Å². The Morgan fingerprint density at radius 2 is 1.55 bits per heavy atom. The maximum atomic E-state index is 10.6. The maximum Gasteiger partial charge on any atom is 0.284 e. The summed E-state index contributed by atoms with van der Waals surface area (Å²) in [6, 6.07) is 0. The quantitative estimate of drug-likeness (QED) is 0.339. The van der Waals surface area contributed by atoms with Gasteiger partial charge in [0.25, 0.3) is 12.4 Å². The number of nitrogens with zero attached hydrogens (tertiary/aromatic N) is 4. The molecule has 2 rings (SSSR count). The van der Waals surface area contributed by atoms with Crippen molar-refractivity contribution in [3.8, 4) is 0 Å². The number of fused-ring (bicyclic) bond motifs is 1. The molecule has 0 radical (unpaired) electrons. The molecule has 0 amide bonds. The molecule has 0 aliphatic carbocycles. The van der Waals surface area contributed by atoms with Crippen molar-refractivity contribution in [2.24, 2.45) is 0 Å². The van der Waals surface area contributed by atoms with Crippen LogP contribution in [0.2, 0.25) is 0 Å². The highest BCUT2D eigenvalue weighted by Crippen LogP contribution is 1.99. The van der Waals surface area contributed by atoms with Crippen molar-refractivity contribution < 1.29 is 14.3 Å². The Kier molecular flexibility index (Phi) is 0.945. The molecule has 7 heteroatoms. The number of aromatic nitrogens is 4. The zero-order valence-corrected chi connectivity index (χ0v) is 5.17. The minimum Gasteiger partial charge on any atom is -0.561 e.